The molecule has 1 rings (SSSR count). The smallest absolute Gasteiger partial charge is 0.170 e. The Bertz CT molecular complexity index is 201. The van der Waals surface area contributed by atoms with E-state index in [4.69, 9.17) is 5.11 Å². The fourth-order valence-electron chi connectivity index (χ4n) is 0.470. The third-order valence-corrected chi connectivity index (χ3v) is 2.73. The van der Waals surface area contributed by atoms with Crippen LogP contribution in [0, 0.1) is 6.92 Å². The van der Waals surface area contributed by atoms with E-state index in [9.17, 15) is 0 Å². The molecule has 1 aromatic heterocycles. The lowest BCUT2D eigenvalue weighted by atomic mass is 10.8. The highest BCUT2D eigenvalue weighted by Crippen LogP contribution is 2.18. The van der Waals surface area contributed by atoms with Gasteiger partial charge < -0.3 is 5.11 Å². The molecule has 56 valence electrons. The molecule has 5 heteroatoms. The predicted molar refractivity (Wildman–Crippen MR) is 42.5 cm³/mol. The SMILES string of the molecule is Cc1nsc(SCCO)n1. The number of hydrogen-bond donors (Lipinski definition) is 1. The summed E-state index contributed by atoms with van der Waals surface area (Å²) >= 11 is 2.92. The van der Waals surface area contributed by atoms with Crippen LogP contribution < -0.4 is 0 Å². The number of thioether (sulfide) groups is 1. The number of nitrogens with zero attached hydrogens (tertiary/aromatic N) is 2. The topological polar surface area (TPSA) is 46.0 Å². The van der Waals surface area contributed by atoms with Gasteiger partial charge in [0.2, 0.25) is 0 Å². The summed E-state index contributed by atoms with van der Waals surface area (Å²) < 4.78 is 4.93. The van der Waals surface area contributed by atoms with Crippen LogP contribution in [0.1, 0.15) is 5.82 Å². The van der Waals surface area contributed by atoms with Gasteiger partial charge >= 0.3 is 0 Å². The second kappa shape index (κ2) is 3.90. The second-order valence-electron chi connectivity index (χ2n) is 1.68. The Kier molecular flexibility index (Phi) is 3.11. The van der Waals surface area contributed by atoms with Crippen molar-refractivity contribution in [1.82, 2.24) is 9.36 Å². The maximum atomic E-state index is 8.47. The zero-order chi connectivity index (χ0) is 7.40. The minimum atomic E-state index is 0.198. The lowest BCUT2D eigenvalue weighted by Crippen LogP contribution is -1.84. The molecule has 0 amide bonds. The molecule has 0 aliphatic heterocycles. The zero-order valence-electron chi connectivity index (χ0n) is 5.57. The molecule has 10 heavy (non-hydrogen) atoms. The van der Waals surface area contributed by atoms with Crippen LogP contribution in [0.2, 0.25) is 0 Å². The minimum Gasteiger partial charge on any atom is -0.396 e. The molecule has 0 aromatic carbocycles. The molecule has 1 heterocycles. The van der Waals surface area contributed by atoms with Crippen molar-refractivity contribution in [2.75, 3.05) is 12.4 Å². The van der Waals surface area contributed by atoms with Crippen molar-refractivity contribution in [3.63, 3.8) is 0 Å². The Morgan fingerprint density at radius 1 is 1.70 bits per heavy atom. The third-order valence-electron chi connectivity index (χ3n) is 0.826. The van der Waals surface area contributed by atoms with Gasteiger partial charge in [-0.25, -0.2) is 4.98 Å². The van der Waals surface area contributed by atoms with Gasteiger partial charge in [0, 0.05) is 5.75 Å². The van der Waals surface area contributed by atoms with E-state index in [0.717, 1.165) is 10.2 Å². The third kappa shape index (κ3) is 2.24. The summed E-state index contributed by atoms with van der Waals surface area (Å²) in [6.07, 6.45) is 0. The average molecular weight is 176 g/mol. The van der Waals surface area contributed by atoms with E-state index in [0.29, 0.717) is 5.75 Å². The van der Waals surface area contributed by atoms with Crippen LogP contribution >= 0.6 is 23.3 Å². The molecule has 0 bridgehead atoms. The van der Waals surface area contributed by atoms with Gasteiger partial charge in [-0.3, -0.25) is 0 Å². The molecule has 0 saturated heterocycles. The van der Waals surface area contributed by atoms with E-state index < -0.39 is 0 Å². The van der Waals surface area contributed by atoms with Crippen LogP contribution in [0.4, 0.5) is 0 Å². The van der Waals surface area contributed by atoms with Crippen molar-refractivity contribution in [3.05, 3.63) is 5.82 Å². The molecule has 0 spiro atoms. The molecule has 1 N–H and O–H groups in total. The lowest BCUT2D eigenvalue weighted by molar-refractivity contribution is 0.322. The highest BCUT2D eigenvalue weighted by molar-refractivity contribution is 8.00. The Morgan fingerprint density at radius 3 is 3.00 bits per heavy atom. The summed E-state index contributed by atoms with van der Waals surface area (Å²) in [5.74, 6) is 1.51. The van der Waals surface area contributed by atoms with Crippen molar-refractivity contribution in [3.8, 4) is 0 Å². The van der Waals surface area contributed by atoms with Crippen LogP contribution in [-0.2, 0) is 0 Å². The van der Waals surface area contributed by atoms with Crippen LogP contribution in [-0.4, -0.2) is 26.8 Å². The van der Waals surface area contributed by atoms with Gasteiger partial charge in [-0.05, 0) is 18.5 Å². The van der Waals surface area contributed by atoms with Gasteiger partial charge in [0.05, 0.1) is 6.61 Å². The van der Waals surface area contributed by atoms with Gasteiger partial charge in [-0.2, -0.15) is 4.37 Å². The minimum absolute atomic E-state index is 0.198. The van der Waals surface area contributed by atoms with Gasteiger partial charge in [0.1, 0.15) is 5.82 Å². The van der Waals surface area contributed by atoms with Crippen molar-refractivity contribution >= 4 is 23.3 Å². The molecular weight excluding hydrogens is 168 g/mol. The van der Waals surface area contributed by atoms with E-state index >= 15 is 0 Å². The van der Waals surface area contributed by atoms with Crippen LogP contribution in [0.25, 0.3) is 0 Å². The van der Waals surface area contributed by atoms with Crippen molar-refractivity contribution in [2.24, 2.45) is 0 Å². The van der Waals surface area contributed by atoms with E-state index in [2.05, 4.69) is 9.36 Å². The van der Waals surface area contributed by atoms with Gasteiger partial charge in [-0.1, -0.05) is 11.8 Å². The van der Waals surface area contributed by atoms with Gasteiger partial charge in [0.15, 0.2) is 4.34 Å². The first-order valence-corrected chi connectivity index (χ1v) is 4.63. The summed E-state index contributed by atoms with van der Waals surface area (Å²) in [6, 6.07) is 0. The fraction of sp³-hybridized carbons (Fsp3) is 0.600. The quantitative estimate of drug-likeness (QED) is 0.696. The first kappa shape index (κ1) is 7.97. The van der Waals surface area contributed by atoms with Crippen LogP contribution in [0.5, 0.6) is 0 Å². The number of aromatic nitrogens is 2. The maximum absolute atomic E-state index is 8.47. The number of rotatable bonds is 3. The first-order chi connectivity index (χ1) is 4.83. The molecule has 0 unspecified atom stereocenters. The molecular formula is C5H8N2OS2. The summed E-state index contributed by atoms with van der Waals surface area (Å²) in [6.45, 7) is 2.06. The lowest BCUT2D eigenvalue weighted by Gasteiger charge is -1.88. The molecule has 3 nitrogen and oxygen atoms in total. The zero-order valence-corrected chi connectivity index (χ0v) is 7.21. The summed E-state index contributed by atoms with van der Waals surface area (Å²) in [7, 11) is 0. The first-order valence-electron chi connectivity index (χ1n) is 2.87. The Labute approximate surface area is 67.7 Å². The monoisotopic (exact) mass is 176 g/mol. The molecule has 0 fully saturated rings. The van der Waals surface area contributed by atoms with Crippen molar-refractivity contribution < 1.29 is 5.11 Å². The number of aliphatic hydroxyl groups is 1. The maximum Gasteiger partial charge on any atom is 0.170 e. The largest absolute Gasteiger partial charge is 0.396 e. The normalized spacial score (nSPS) is 10.2. The van der Waals surface area contributed by atoms with Crippen LogP contribution in [0.3, 0.4) is 0 Å². The van der Waals surface area contributed by atoms with E-state index in [1.54, 1.807) is 0 Å². The molecule has 1 aromatic rings. The number of hydrogen-bond acceptors (Lipinski definition) is 5. The van der Waals surface area contributed by atoms with E-state index in [1.165, 1.54) is 23.3 Å². The predicted octanol–water partition coefficient (Wildman–Crippen LogP) is 0.931. The molecule has 0 aliphatic carbocycles. The number of aryl methyl sites for hydroxylation is 1. The highest BCUT2D eigenvalue weighted by Gasteiger charge is 1.98. The van der Waals surface area contributed by atoms with Crippen molar-refractivity contribution in [1.29, 1.82) is 0 Å². The molecule has 0 saturated carbocycles. The van der Waals surface area contributed by atoms with E-state index in [-0.39, 0.29) is 6.61 Å². The fourth-order valence-corrected chi connectivity index (χ4v) is 1.93. The second-order valence-corrected chi connectivity index (χ2v) is 3.77. The van der Waals surface area contributed by atoms with Crippen LogP contribution in [0.15, 0.2) is 4.34 Å². The molecule has 0 aliphatic rings. The molecule has 0 atom stereocenters. The Hall–Kier alpha value is -0.130. The van der Waals surface area contributed by atoms with Gasteiger partial charge in [-0.15, -0.1) is 0 Å². The highest BCUT2D eigenvalue weighted by atomic mass is 32.2. The number of aliphatic hydroxyl groups excluding tert-OH is 1. The van der Waals surface area contributed by atoms with Crippen molar-refractivity contribution in [2.45, 2.75) is 11.3 Å². The van der Waals surface area contributed by atoms with E-state index in [1.807, 2.05) is 6.92 Å². The average Bonchev–Trinajstić information content (AvgIpc) is 2.31. The summed E-state index contributed by atoms with van der Waals surface area (Å²) in [4.78, 5) is 4.11. The molecule has 0 radical (unpaired) electrons. The summed E-state index contributed by atoms with van der Waals surface area (Å²) in [5.41, 5.74) is 0. The van der Waals surface area contributed by atoms with Gasteiger partial charge in [0.25, 0.3) is 0 Å². The Morgan fingerprint density at radius 2 is 2.50 bits per heavy atom. The standard InChI is InChI=1S/C5H8N2OS2/c1-4-6-5(10-7-4)9-3-2-8/h8H,2-3H2,1H3. The summed E-state index contributed by atoms with van der Waals surface area (Å²) in [5, 5.41) is 8.47. The Balaban J connectivity index is 2.42.